The molecular weight excluding hydrogens is 194 g/mol. The third-order valence-electron chi connectivity index (χ3n) is 2.57. The summed E-state index contributed by atoms with van der Waals surface area (Å²) in [6.07, 6.45) is 3.25. The Balaban J connectivity index is 2.04. The number of hydrogen-bond donors (Lipinski definition) is 2. The van der Waals surface area contributed by atoms with E-state index in [9.17, 15) is 4.79 Å². The van der Waals surface area contributed by atoms with Gasteiger partial charge >= 0.3 is 0 Å². The summed E-state index contributed by atoms with van der Waals surface area (Å²) in [5.74, 6) is -0.0811. The summed E-state index contributed by atoms with van der Waals surface area (Å²) >= 11 is 0. The molecule has 0 radical (unpaired) electrons. The van der Waals surface area contributed by atoms with E-state index in [2.05, 4.69) is 10.3 Å². The van der Waals surface area contributed by atoms with E-state index in [0.717, 1.165) is 5.69 Å². The van der Waals surface area contributed by atoms with Crippen molar-refractivity contribution in [2.24, 2.45) is 11.1 Å². The number of rotatable bonds is 3. The second kappa shape index (κ2) is 3.96. The largest absolute Gasteiger partial charge is 0.379 e. The van der Waals surface area contributed by atoms with E-state index in [1.54, 1.807) is 24.5 Å². The average Bonchev–Trinajstić information content (AvgIpc) is 2.18. The van der Waals surface area contributed by atoms with Gasteiger partial charge in [-0.05, 0) is 12.1 Å². The van der Waals surface area contributed by atoms with Crippen LogP contribution in [0.2, 0.25) is 0 Å². The summed E-state index contributed by atoms with van der Waals surface area (Å²) in [7, 11) is 0. The Morgan fingerprint density at radius 2 is 2.20 bits per heavy atom. The van der Waals surface area contributed by atoms with Crippen molar-refractivity contribution in [2.75, 3.05) is 25.1 Å². The number of carbonyl (C=O) groups is 1. The molecule has 1 saturated heterocycles. The van der Waals surface area contributed by atoms with Gasteiger partial charge in [-0.3, -0.25) is 9.78 Å². The molecule has 0 aromatic carbocycles. The van der Waals surface area contributed by atoms with Crippen molar-refractivity contribution in [1.29, 1.82) is 0 Å². The summed E-state index contributed by atoms with van der Waals surface area (Å²) in [4.78, 5) is 15.7. The number of nitrogens with zero attached hydrogens (tertiary/aromatic N) is 1. The van der Waals surface area contributed by atoms with Crippen molar-refractivity contribution in [2.45, 2.75) is 0 Å². The molecule has 1 fully saturated rings. The van der Waals surface area contributed by atoms with Gasteiger partial charge in [0.25, 0.3) is 0 Å². The Labute approximate surface area is 87.6 Å². The first-order valence-corrected chi connectivity index (χ1v) is 4.76. The van der Waals surface area contributed by atoms with Crippen LogP contribution in [0.4, 0.5) is 5.69 Å². The number of aromatic nitrogens is 1. The first kappa shape index (κ1) is 10.1. The van der Waals surface area contributed by atoms with E-state index < -0.39 is 5.41 Å². The van der Waals surface area contributed by atoms with Crippen LogP contribution < -0.4 is 11.1 Å². The van der Waals surface area contributed by atoms with Gasteiger partial charge in [-0.25, -0.2) is 0 Å². The van der Waals surface area contributed by atoms with E-state index in [1.807, 2.05) is 0 Å². The number of carbonyl (C=O) groups excluding carboxylic acids is 1. The Morgan fingerprint density at radius 1 is 1.53 bits per heavy atom. The number of ether oxygens (including phenoxy) is 1. The first-order chi connectivity index (χ1) is 7.27. The van der Waals surface area contributed by atoms with Crippen LogP contribution in [0.1, 0.15) is 0 Å². The Morgan fingerprint density at radius 3 is 2.67 bits per heavy atom. The monoisotopic (exact) mass is 207 g/mol. The molecule has 3 N–H and O–H groups in total. The third-order valence-corrected chi connectivity index (χ3v) is 2.57. The lowest BCUT2D eigenvalue weighted by Gasteiger charge is -2.38. The predicted molar refractivity (Wildman–Crippen MR) is 55.2 cm³/mol. The lowest BCUT2D eigenvalue weighted by Crippen LogP contribution is -2.56. The number of nitrogens with two attached hydrogens (primary N) is 1. The van der Waals surface area contributed by atoms with Gasteiger partial charge in [-0.15, -0.1) is 0 Å². The van der Waals surface area contributed by atoms with Crippen molar-refractivity contribution < 1.29 is 9.53 Å². The minimum absolute atomic E-state index is 0.0811. The molecule has 80 valence electrons. The van der Waals surface area contributed by atoms with Crippen molar-refractivity contribution >= 4 is 11.6 Å². The highest BCUT2D eigenvalue weighted by Crippen LogP contribution is 2.27. The molecule has 1 aliphatic heterocycles. The van der Waals surface area contributed by atoms with Gasteiger partial charge in [0.2, 0.25) is 5.91 Å². The van der Waals surface area contributed by atoms with Crippen LogP contribution in [-0.2, 0) is 9.53 Å². The Bertz CT molecular complexity index is 343. The molecule has 1 aromatic rings. The minimum atomic E-state index is -0.538. The molecule has 2 heterocycles. The fourth-order valence-electron chi connectivity index (χ4n) is 1.39. The van der Waals surface area contributed by atoms with Crippen LogP contribution in [0, 0.1) is 5.41 Å². The molecule has 0 atom stereocenters. The molecule has 1 aliphatic rings. The molecule has 0 aliphatic carbocycles. The zero-order valence-corrected chi connectivity index (χ0v) is 8.27. The van der Waals surface area contributed by atoms with Crippen LogP contribution in [0.15, 0.2) is 24.5 Å². The number of pyridine rings is 1. The minimum Gasteiger partial charge on any atom is -0.379 e. The maximum Gasteiger partial charge on any atom is 0.236 e. The van der Waals surface area contributed by atoms with Gasteiger partial charge in [0, 0.05) is 24.6 Å². The van der Waals surface area contributed by atoms with E-state index in [4.69, 9.17) is 10.5 Å². The van der Waals surface area contributed by atoms with Gasteiger partial charge in [0.05, 0.1) is 13.2 Å². The summed E-state index contributed by atoms with van der Waals surface area (Å²) < 4.78 is 5.03. The van der Waals surface area contributed by atoms with E-state index >= 15 is 0 Å². The number of hydrogen-bond acceptors (Lipinski definition) is 4. The van der Waals surface area contributed by atoms with Gasteiger partial charge in [0.15, 0.2) is 0 Å². The molecule has 15 heavy (non-hydrogen) atoms. The fourth-order valence-corrected chi connectivity index (χ4v) is 1.39. The van der Waals surface area contributed by atoms with E-state index in [0.29, 0.717) is 19.8 Å². The summed E-state index contributed by atoms with van der Waals surface area (Å²) in [6, 6.07) is 3.48. The highest BCUT2D eigenvalue weighted by molar-refractivity contribution is 5.96. The molecule has 5 nitrogen and oxygen atoms in total. The molecule has 1 aromatic heterocycles. The maximum atomic E-state index is 11.9. The molecule has 0 saturated carbocycles. The molecule has 1 amide bonds. The zero-order valence-electron chi connectivity index (χ0n) is 8.27. The molecule has 0 bridgehead atoms. The summed E-state index contributed by atoms with van der Waals surface area (Å²) in [5.41, 5.74) is 5.76. The quantitative estimate of drug-likeness (QED) is 0.731. The lowest BCUT2D eigenvalue weighted by atomic mass is 9.85. The lowest BCUT2D eigenvalue weighted by molar-refractivity contribution is -0.153. The van der Waals surface area contributed by atoms with Crippen molar-refractivity contribution in [3.63, 3.8) is 0 Å². The van der Waals surface area contributed by atoms with Crippen LogP contribution in [0.3, 0.4) is 0 Å². The fraction of sp³-hybridized carbons (Fsp3) is 0.400. The molecule has 0 spiro atoms. The highest BCUT2D eigenvalue weighted by Gasteiger charge is 2.44. The maximum absolute atomic E-state index is 11.9. The Kier molecular flexibility index (Phi) is 2.66. The number of nitrogens with one attached hydrogen (secondary N) is 1. The smallest absolute Gasteiger partial charge is 0.236 e. The summed E-state index contributed by atoms with van der Waals surface area (Å²) in [6.45, 7) is 1.12. The van der Waals surface area contributed by atoms with Crippen LogP contribution in [0.25, 0.3) is 0 Å². The van der Waals surface area contributed by atoms with Crippen LogP contribution >= 0.6 is 0 Å². The molecule has 2 rings (SSSR count). The normalized spacial score (nSPS) is 17.9. The van der Waals surface area contributed by atoms with E-state index in [1.165, 1.54) is 0 Å². The van der Waals surface area contributed by atoms with Gasteiger partial charge < -0.3 is 15.8 Å². The van der Waals surface area contributed by atoms with Crippen molar-refractivity contribution in [3.8, 4) is 0 Å². The third kappa shape index (κ3) is 1.84. The number of amides is 1. The molecular formula is C10H13N3O2. The average molecular weight is 207 g/mol. The second-order valence-corrected chi connectivity index (χ2v) is 3.67. The highest BCUT2D eigenvalue weighted by atomic mass is 16.5. The van der Waals surface area contributed by atoms with Crippen LogP contribution in [-0.4, -0.2) is 30.6 Å². The molecule has 0 unspecified atom stereocenters. The zero-order chi connectivity index (χ0) is 10.7. The standard InChI is InChI=1S/C10H13N3O2/c11-5-10(6-15-7-10)9(14)13-8-1-3-12-4-2-8/h1-4H,5-7,11H2,(H,12,13,14). The first-order valence-electron chi connectivity index (χ1n) is 4.76. The van der Waals surface area contributed by atoms with Crippen LogP contribution in [0.5, 0.6) is 0 Å². The topological polar surface area (TPSA) is 77.2 Å². The summed E-state index contributed by atoms with van der Waals surface area (Å²) in [5, 5.41) is 2.80. The van der Waals surface area contributed by atoms with Crippen molar-refractivity contribution in [3.05, 3.63) is 24.5 Å². The van der Waals surface area contributed by atoms with Crippen molar-refractivity contribution in [1.82, 2.24) is 4.98 Å². The second-order valence-electron chi connectivity index (χ2n) is 3.67. The van der Waals surface area contributed by atoms with Gasteiger partial charge in [0.1, 0.15) is 5.41 Å². The Hall–Kier alpha value is -1.46. The van der Waals surface area contributed by atoms with Gasteiger partial charge in [-0.1, -0.05) is 0 Å². The SMILES string of the molecule is NCC1(C(=O)Nc2ccncc2)COC1. The molecule has 5 heteroatoms. The predicted octanol–water partition coefficient (Wildman–Crippen LogP) is -0.00460. The van der Waals surface area contributed by atoms with Gasteiger partial charge in [-0.2, -0.15) is 0 Å². The number of anilines is 1. The van der Waals surface area contributed by atoms with E-state index in [-0.39, 0.29) is 5.91 Å².